The average Bonchev–Trinajstić information content (AvgIpc) is 3.49. The van der Waals surface area contributed by atoms with E-state index in [1.165, 1.54) is 60.3 Å². The summed E-state index contributed by atoms with van der Waals surface area (Å²) < 4.78 is 21.4. The van der Waals surface area contributed by atoms with Gasteiger partial charge in [-0.2, -0.15) is 0 Å². The predicted molar refractivity (Wildman–Crippen MR) is 171 cm³/mol. The molecule has 5 aromatic rings. The first kappa shape index (κ1) is 20.8. The Morgan fingerprint density at radius 1 is 0.892 bits per heavy atom. The molecule has 6 aliphatic heterocycles. The number of benzene rings is 4. The zero-order valence-electron chi connectivity index (χ0n) is 20.5. The number of para-hydroxylation sites is 2. The normalized spacial score (nSPS) is 22.5. The van der Waals surface area contributed by atoms with Gasteiger partial charge in [0.15, 0.2) is 0 Å². The van der Waals surface area contributed by atoms with Crippen molar-refractivity contribution in [1.82, 2.24) is 4.57 Å². The van der Waals surface area contributed by atoms with Gasteiger partial charge in [0.05, 0.1) is 0 Å². The van der Waals surface area contributed by atoms with Crippen molar-refractivity contribution in [3.63, 3.8) is 0 Å². The number of aromatic nitrogens is 1. The van der Waals surface area contributed by atoms with Crippen LogP contribution in [0.1, 0.15) is 25.0 Å². The number of hydrogen-bond acceptors (Lipinski definition) is 1. The van der Waals surface area contributed by atoms with Gasteiger partial charge in [0.25, 0.3) is 0 Å². The molecule has 4 saturated heterocycles. The second kappa shape index (κ2) is 6.04. The van der Waals surface area contributed by atoms with Gasteiger partial charge in [-0.05, 0) is 0 Å². The van der Waals surface area contributed by atoms with Crippen molar-refractivity contribution in [3.05, 3.63) is 90.0 Å². The SMILES string of the molecule is CC1(C)c2ccc(P34(N=IF)B5[B-]B3B54)cc2B2c3c(cccc31)-n1c3ccccc3c3cccc2c31. The quantitative estimate of drug-likeness (QED) is 0.160. The molecule has 11 rings (SSSR count). The van der Waals surface area contributed by atoms with E-state index in [2.05, 4.69) is 104 Å². The van der Waals surface area contributed by atoms with E-state index < -0.39 is 28.0 Å². The van der Waals surface area contributed by atoms with Crippen molar-refractivity contribution in [2.24, 2.45) is 2.92 Å². The minimum atomic E-state index is -2.32. The van der Waals surface area contributed by atoms with Crippen LogP contribution >= 0.6 is 28.0 Å². The first-order valence-electron chi connectivity index (χ1n) is 13.2. The van der Waals surface area contributed by atoms with Crippen LogP contribution in [0.2, 0.25) is 0 Å². The van der Waals surface area contributed by atoms with E-state index >= 15 is 0 Å². The van der Waals surface area contributed by atoms with Crippen molar-refractivity contribution in [2.45, 2.75) is 19.3 Å². The standard InChI is InChI=1S/C27H19B5FIN2P/c1-27(2)19-14-13-16(37(35-34-33)30-28-31(37)32(30)37)15-22(19)29-21-10-5-8-18-17-7-3-4-11-23(17)36(26(18)21)24-12-6-9-20(27)25(24)29/h3-15H,1-2H3/q-1. The Morgan fingerprint density at radius 2 is 1.68 bits per heavy atom. The molecule has 0 amide bonds. The molecule has 172 valence electrons. The van der Waals surface area contributed by atoms with Gasteiger partial charge in [0, 0.05) is 0 Å². The summed E-state index contributed by atoms with van der Waals surface area (Å²) in [6.45, 7) is 4.95. The van der Waals surface area contributed by atoms with Crippen LogP contribution in [0.25, 0.3) is 27.5 Å². The van der Waals surface area contributed by atoms with Crippen LogP contribution in [-0.2, 0) is 5.41 Å². The van der Waals surface area contributed by atoms with Crippen molar-refractivity contribution < 1.29 is 2.86 Å². The fraction of sp³-hybridized carbons (Fsp3) is 0.111. The Hall–Kier alpha value is -2.11. The van der Waals surface area contributed by atoms with E-state index in [-0.39, 0.29) is 12.1 Å². The molecule has 0 spiro atoms. The molecule has 10 heteroatoms. The molecule has 37 heavy (non-hydrogen) atoms. The summed E-state index contributed by atoms with van der Waals surface area (Å²) in [7, 11) is 2.46. The molecule has 0 atom stereocenters. The van der Waals surface area contributed by atoms with Gasteiger partial charge in [0.2, 0.25) is 0 Å². The summed E-state index contributed by atoms with van der Waals surface area (Å²) in [6, 6.07) is 29.9. The molecule has 4 aromatic carbocycles. The summed E-state index contributed by atoms with van der Waals surface area (Å²) in [4.78, 5) is 0. The molecule has 7 heterocycles. The maximum atomic E-state index is 13.9. The van der Waals surface area contributed by atoms with Gasteiger partial charge in [-0.3, -0.25) is 0 Å². The summed E-state index contributed by atoms with van der Waals surface area (Å²) in [6.07, 6.45) is -0.432. The molecule has 0 saturated carbocycles. The van der Waals surface area contributed by atoms with Crippen LogP contribution in [0.15, 0.2) is 81.8 Å². The summed E-state index contributed by atoms with van der Waals surface area (Å²) in [5.74, 6) is 0. The summed E-state index contributed by atoms with van der Waals surface area (Å²) >= 11 is -1.55. The zero-order valence-corrected chi connectivity index (χ0v) is 23.5. The van der Waals surface area contributed by atoms with Crippen LogP contribution in [0.5, 0.6) is 0 Å². The molecular weight excluding hydrogens is 583 g/mol. The van der Waals surface area contributed by atoms with Crippen LogP contribution in [-0.4, -0.2) is 37.0 Å². The van der Waals surface area contributed by atoms with Crippen LogP contribution < -0.4 is 21.7 Å². The predicted octanol–water partition coefficient (Wildman–Crippen LogP) is 4.25. The second-order valence-corrected chi connectivity index (χ2v) is 18.9. The molecule has 2 bridgehead atoms. The third-order valence-electron chi connectivity index (χ3n) is 10.9. The first-order chi connectivity index (χ1) is 18.0. The number of hydrogen-bond donors (Lipinski definition) is 0. The van der Waals surface area contributed by atoms with E-state index in [1.807, 2.05) is 0 Å². The maximum absolute atomic E-state index is 13.9. The van der Waals surface area contributed by atoms with E-state index in [0.29, 0.717) is 18.6 Å². The first-order valence-corrected chi connectivity index (χ1v) is 17.4. The summed E-state index contributed by atoms with van der Waals surface area (Å²) in [5, 5.41) is 4.04. The van der Waals surface area contributed by atoms with E-state index in [0.717, 1.165) is 0 Å². The molecule has 4 fully saturated rings. The Kier molecular flexibility index (Phi) is 3.40. The van der Waals surface area contributed by atoms with Gasteiger partial charge in [0.1, 0.15) is 0 Å². The Balaban J connectivity index is 1.35. The average molecular weight is 602 g/mol. The van der Waals surface area contributed by atoms with E-state index in [9.17, 15) is 2.86 Å². The minimum absolute atomic E-state index is 0.110. The number of rotatable bonds is 2. The topological polar surface area (TPSA) is 17.3 Å². The van der Waals surface area contributed by atoms with E-state index in [4.69, 9.17) is 2.92 Å². The molecule has 1 aromatic heterocycles. The molecule has 0 unspecified atom stereocenters. The third-order valence-corrected chi connectivity index (χ3v) is 20.8. The van der Waals surface area contributed by atoms with Gasteiger partial charge >= 0.3 is 229 Å². The van der Waals surface area contributed by atoms with Crippen molar-refractivity contribution >= 4 is 104 Å². The zero-order chi connectivity index (χ0) is 24.5. The van der Waals surface area contributed by atoms with Gasteiger partial charge in [-0.1, -0.05) is 0 Å². The van der Waals surface area contributed by atoms with Gasteiger partial charge in [-0.15, -0.1) is 0 Å². The Labute approximate surface area is 228 Å². The molecule has 2 nitrogen and oxygen atoms in total. The fourth-order valence-electron chi connectivity index (χ4n) is 9.05. The molecule has 6 aliphatic rings. The van der Waals surface area contributed by atoms with Gasteiger partial charge in [-0.25, -0.2) is 0 Å². The molecule has 0 N–H and O–H groups in total. The number of halogens is 2. The van der Waals surface area contributed by atoms with Crippen molar-refractivity contribution in [1.29, 1.82) is 0 Å². The van der Waals surface area contributed by atoms with Crippen LogP contribution in [0.3, 0.4) is 0 Å². The summed E-state index contributed by atoms with van der Waals surface area (Å²) in [5.41, 5.74) is 10.9. The van der Waals surface area contributed by atoms with Crippen LogP contribution in [0, 0.1) is 0 Å². The third kappa shape index (κ3) is 1.89. The molecule has 0 aliphatic carbocycles. The van der Waals surface area contributed by atoms with Crippen molar-refractivity contribution in [3.8, 4) is 5.69 Å². The van der Waals surface area contributed by atoms with Crippen molar-refractivity contribution in [2.75, 3.05) is 0 Å². The monoisotopic (exact) mass is 603 g/mol. The second-order valence-electron chi connectivity index (χ2n) is 12.2. The van der Waals surface area contributed by atoms with Crippen LogP contribution in [0.4, 0.5) is 2.86 Å². The number of fused-ring (bicyclic) bond motifs is 7. The fourth-order valence-corrected chi connectivity index (χ4v) is 20.6. The van der Waals surface area contributed by atoms with Gasteiger partial charge < -0.3 is 0 Å². The molecular formula is C27H19B5FIN2P-. The Morgan fingerprint density at radius 3 is 2.46 bits per heavy atom. The number of nitrogens with zero attached hydrogens (tertiary/aromatic N) is 2. The Bertz CT molecular complexity index is 1970. The van der Waals surface area contributed by atoms with E-state index in [1.54, 1.807) is 0 Å². The molecule has 2 radical (unpaired) electrons.